The number of nitrogens with zero attached hydrogens (tertiary/aromatic N) is 2. The van der Waals surface area contributed by atoms with Gasteiger partial charge in [-0.1, -0.05) is 19.3 Å². The molecule has 23 heavy (non-hydrogen) atoms. The monoisotopic (exact) mass is 355 g/mol. The maximum atomic E-state index is 12.2. The summed E-state index contributed by atoms with van der Waals surface area (Å²) in [5, 5.41) is 2.86. The van der Waals surface area contributed by atoms with Gasteiger partial charge in [-0.25, -0.2) is 9.10 Å². The summed E-state index contributed by atoms with van der Waals surface area (Å²) in [6, 6.07) is -1.70. The van der Waals surface area contributed by atoms with E-state index in [2.05, 4.69) is 5.32 Å². The molecule has 8 nitrogen and oxygen atoms in total. The molecule has 0 aromatic rings. The fourth-order valence-electron chi connectivity index (χ4n) is 3.77. The Balaban J connectivity index is 0.00000144. The minimum Gasteiger partial charge on any atom is -1.00 e. The standard InChI is InChI=1S/C13H21N3O5S.Na.H/c17-12-11-10(16(12)22(19,20)21)6-7-15(11)13(18)14-8-9-4-2-1-3-5-9;;/h9-11H,1-8H2,(H,14,18)(H,19,20,21);;/q;+1;-1/t10-,11+;;/m1../s1. The smallest absolute Gasteiger partial charge is 1.00 e. The Kier molecular flexibility index (Phi) is 5.99. The second-order valence-electron chi connectivity index (χ2n) is 6.30. The van der Waals surface area contributed by atoms with Crippen LogP contribution in [0.25, 0.3) is 0 Å². The van der Waals surface area contributed by atoms with Crippen molar-refractivity contribution in [2.24, 2.45) is 5.92 Å². The molecule has 3 rings (SSSR count). The number of carbonyl (C=O) groups excluding carboxylic acids is 2. The minimum atomic E-state index is -4.52. The van der Waals surface area contributed by atoms with Gasteiger partial charge in [-0.3, -0.25) is 9.35 Å². The van der Waals surface area contributed by atoms with Crippen LogP contribution in [0.15, 0.2) is 0 Å². The zero-order chi connectivity index (χ0) is 15.9. The van der Waals surface area contributed by atoms with Crippen molar-refractivity contribution in [3.8, 4) is 0 Å². The van der Waals surface area contributed by atoms with Crippen LogP contribution in [0.1, 0.15) is 40.0 Å². The van der Waals surface area contributed by atoms with Crippen molar-refractivity contribution in [3.63, 3.8) is 0 Å². The van der Waals surface area contributed by atoms with Gasteiger partial charge in [0.25, 0.3) is 5.91 Å². The van der Waals surface area contributed by atoms with Gasteiger partial charge in [0.05, 0.1) is 6.04 Å². The van der Waals surface area contributed by atoms with Crippen molar-refractivity contribution in [1.29, 1.82) is 0 Å². The molecule has 0 bridgehead atoms. The number of amides is 3. The number of nitrogens with one attached hydrogen (secondary N) is 1. The maximum absolute atomic E-state index is 12.2. The van der Waals surface area contributed by atoms with Crippen LogP contribution in [0.2, 0.25) is 0 Å². The van der Waals surface area contributed by atoms with Gasteiger partial charge in [0, 0.05) is 13.1 Å². The Morgan fingerprint density at radius 3 is 2.52 bits per heavy atom. The van der Waals surface area contributed by atoms with Gasteiger partial charge >= 0.3 is 45.9 Å². The van der Waals surface area contributed by atoms with Gasteiger partial charge in [0.2, 0.25) is 0 Å². The quantitative estimate of drug-likeness (QED) is 0.330. The van der Waals surface area contributed by atoms with Crippen LogP contribution in [0.4, 0.5) is 4.79 Å². The SMILES string of the molecule is O=C(NCC1CCCCC1)N1CC[C@@H]2[C@H]1C(=O)N2S(=O)(=O)O.[H-].[Na+]. The molecule has 0 radical (unpaired) electrons. The number of carbonyl (C=O) groups is 2. The van der Waals surface area contributed by atoms with Crippen molar-refractivity contribution in [2.45, 2.75) is 50.6 Å². The molecule has 2 heterocycles. The van der Waals surface area contributed by atoms with Crippen molar-refractivity contribution in [2.75, 3.05) is 13.1 Å². The predicted molar refractivity (Wildman–Crippen MR) is 78.4 cm³/mol. The Bertz CT molecular complexity index is 584. The Morgan fingerprint density at radius 1 is 1.26 bits per heavy atom. The molecule has 126 valence electrons. The van der Waals surface area contributed by atoms with E-state index < -0.39 is 28.3 Å². The number of urea groups is 1. The summed E-state index contributed by atoms with van der Waals surface area (Å²) in [4.78, 5) is 25.5. The van der Waals surface area contributed by atoms with E-state index in [9.17, 15) is 18.0 Å². The van der Waals surface area contributed by atoms with Crippen LogP contribution >= 0.6 is 0 Å². The van der Waals surface area contributed by atoms with E-state index in [4.69, 9.17) is 4.55 Å². The van der Waals surface area contributed by atoms with Gasteiger partial charge in [0.15, 0.2) is 0 Å². The molecule has 10 heteroatoms. The first-order valence-corrected chi connectivity index (χ1v) is 9.14. The van der Waals surface area contributed by atoms with Crippen molar-refractivity contribution < 1.29 is 53.5 Å². The normalized spacial score (nSPS) is 28.0. The van der Waals surface area contributed by atoms with Gasteiger partial charge in [-0.15, -0.1) is 0 Å². The largest absolute Gasteiger partial charge is 1.00 e. The average molecular weight is 355 g/mol. The van der Waals surface area contributed by atoms with E-state index in [0.29, 0.717) is 29.7 Å². The number of β-lactam (4-membered cyclic amide) rings is 1. The second kappa shape index (κ2) is 7.26. The van der Waals surface area contributed by atoms with Crippen LogP contribution in [0.5, 0.6) is 0 Å². The first-order valence-electron chi connectivity index (χ1n) is 7.75. The summed E-state index contributed by atoms with van der Waals surface area (Å²) in [7, 11) is -4.52. The molecule has 3 fully saturated rings. The van der Waals surface area contributed by atoms with Crippen LogP contribution in [-0.4, -0.2) is 59.3 Å². The van der Waals surface area contributed by atoms with E-state index in [1.165, 1.54) is 24.2 Å². The van der Waals surface area contributed by atoms with Gasteiger partial charge in [-0.05, 0) is 25.2 Å². The summed E-state index contributed by atoms with van der Waals surface area (Å²) in [5.41, 5.74) is 0. The van der Waals surface area contributed by atoms with Gasteiger partial charge in [-0.2, -0.15) is 8.42 Å². The van der Waals surface area contributed by atoms with Crippen molar-refractivity contribution in [3.05, 3.63) is 0 Å². The molecule has 2 N–H and O–H groups in total. The van der Waals surface area contributed by atoms with Crippen LogP contribution < -0.4 is 34.9 Å². The van der Waals surface area contributed by atoms with E-state index in [0.717, 1.165) is 12.8 Å². The fourth-order valence-corrected chi connectivity index (χ4v) is 4.67. The second-order valence-corrected chi connectivity index (χ2v) is 7.59. The molecule has 0 spiro atoms. The van der Waals surface area contributed by atoms with E-state index in [1.54, 1.807) is 0 Å². The van der Waals surface area contributed by atoms with E-state index in [1.807, 2.05) is 0 Å². The fraction of sp³-hybridized carbons (Fsp3) is 0.846. The molecule has 2 aliphatic heterocycles. The number of hydrogen-bond donors (Lipinski definition) is 2. The summed E-state index contributed by atoms with van der Waals surface area (Å²) >= 11 is 0. The maximum Gasteiger partial charge on any atom is 1.00 e. The summed E-state index contributed by atoms with van der Waals surface area (Å²) in [5.74, 6) is -0.236. The molecule has 1 saturated carbocycles. The molecule has 1 aliphatic carbocycles. The van der Waals surface area contributed by atoms with Gasteiger partial charge in [0.1, 0.15) is 6.04 Å². The molecule has 3 aliphatic rings. The third-order valence-electron chi connectivity index (χ3n) is 4.91. The molecule has 0 aromatic heterocycles. The molecule has 0 unspecified atom stereocenters. The number of likely N-dealkylation sites (tertiary alicyclic amines) is 1. The first-order chi connectivity index (χ1) is 10.4. The van der Waals surface area contributed by atoms with Crippen LogP contribution in [0, 0.1) is 5.92 Å². The van der Waals surface area contributed by atoms with Gasteiger partial charge < -0.3 is 11.6 Å². The zero-order valence-electron chi connectivity index (χ0n) is 14.3. The van der Waals surface area contributed by atoms with Crippen LogP contribution in [-0.2, 0) is 15.1 Å². The summed E-state index contributed by atoms with van der Waals surface area (Å²) in [6.07, 6.45) is 6.23. The number of fused-ring (bicyclic) bond motifs is 1. The Morgan fingerprint density at radius 2 is 1.91 bits per heavy atom. The number of rotatable bonds is 3. The van der Waals surface area contributed by atoms with E-state index in [-0.39, 0.29) is 37.0 Å². The molecule has 3 amide bonds. The summed E-state index contributed by atoms with van der Waals surface area (Å²) in [6.45, 7) is 0.923. The minimum absolute atomic E-state index is 0. The van der Waals surface area contributed by atoms with Crippen molar-refractivity contribution in [1.82, 2.24) is 14.5 Å². The third-order valence-corrected chi connectivity index (χ3v) is 5.86. The molecular weight excluding hydrogens is 333 g/mol. The summed E-state index contributed by atoms with van der Waals surface area (Å²) < 4.78 is 31.7. The van der Waals surface area contributed by atoms with Crippen LogP contribution in [0.3, 0.4) is 0 Å². The topological polar surface area (TPSA) is 107 Å². The Labute approximate surface area is 159 Å². The molecule has 2 atom stereocenters. The number of hydrogen-bond acceptors (Lipinski definition) is 4. The average Bonchev–Trinajstić information content (AvgIpc) is 2.83. The van der Waals surface area contributed by atoms with Crippen molar-refractivity contribution >= 4 is 22.2 Å². The third kappa shape index (κ3) is 3.68. The molecule has 0 aromatic carbocycles. The zero-order valence-corrected chi connectivity index (χ0v) is 16.1. The molecule has 2 saturated heterocycles. The Hall–Kier alpha value is -0.350. The molecular formula is C13H22N3NaO5S. The first kappa shape index (κ1) is 19.0. The van der Waals surface area contributed by atoms with E-state index >= 15 is 0 Å². The predicted octanol–water partition coefficient (Wildman–Crippen LogP) is -2.52.